The van der Waals surface area contributed by atoms with Gasteiger partial charge in [0, 0.05) is 30.8 Å². The minimum Gasteiger partial charge on any atom is -0.383 e. The number of nitrogens with zero attached hydrogens (tertiary/aromatic N) is 3. The quantitative estimate of drug-likeness (QED) is 0.893. The van der Waals surface area contributed by atoms with E-state index in [9.17, 15) is 0 Å². The fourth-order valence-electron chi connectivity index (χ4n) is 1.84. The molecule has 0 aliphatic carbocycles. The van der Waals surface area contributed by atoms with Crippen LogP contribution in [0.5, 0.6) is 0 Å². The molecule has 0 saturated heterocycles. The molecule has 0 radical (unpaired) electrons. The highest BCUT2D eigenvalue weighted by atomic mass is 15.0. The predicted molar refractivity (Wildman–Crippen MR) is 72.2 cm³/mol. The van der Waals surface area contributed by atoms with Crippen LogP contribution in [0.25, 0.3) is 0 Å². The Balaban J connectivity index is 2.31. The highest BCUT2D eigenvalue weighted by Crippen LogP contribution is 2.16. The van der Waals surface area contributed by atoms with Gasteiger partial charge in [-0.1, -0.05) is 13.0 Å². The molecular weight excluding hydrogens is 224 g/mol. The fourth-order valence-corrected chi connectivity index (χ4v) is 1.84. The summed E-state index contributed by atoms with van der Waals surface area (Å²) >= 11 is 0. The summed E-state index contributed by atoms with van der Waals surface area (Å²) < 4.78 is 0. The number of rotatable bonds is 4. The zero-order valence-electron chi connectivity index (χ0n) is 10.8. The van der Waals surface area contributed by atoms with Gasteiger partial charge < -0.3 is 5.73 Å². The fraction of sp³-hybridized carbons (Fsp3) is 0.357. The van der Waals surface area contributed by atoms with Gasteiger partial charge in [-0.3, -0.25) is 4.98 Å². The first-order chi connectivity index (χ1) is 8.70. The molecule has 0 amide bonds. The maximum absolute atomic E-state index is 5.94. The van der Waals surface area contributed by atoms with Crippen molar-refractivity contribution in [1.29, 1.82) is 0 Å². The molecule has 2 heterocycles. The first-order valence-electron chi connectivity index (χ1n) is 6.21. The molecule has 0 fully saturated rings. The number of anilines is 1. The smallest absolute Gasteiger partial charge is 0.131 e. The van der Waals surface area contributed by atoms with Crippen molar-refractivity contribution in [2.75, 3.05) is 5.73 Å². The Bertz CT molecular complexity index is 523. The molecule has 2 rings (SSSR count). The molecule has 2 N–H and O–H groups in total. The number of aryl methyl sites for hydroxylation is 1. The van der Waals surface area contributed by atoms with Gasteiger partial charge in [0.1, 0.15) is 11.6 Å². The van der Waals surface area contributed by atoms with Crippen LogP contribution in [0.1, 0.15) is 36.0 Å². The van der Waals surface area contributed by atoms with Gasteiger partial charge in [-0.05, 0) is 25.0 Å². The maximum Gasteiger partial charge on any atom is 0.131 e. The second kappa shape index (κ2) is 5.58. The summed E-state index contributed by atoms with van der Waals surface area (Å²) in [6, 6.07) is 3.98. The SMILES string of the molecule is CCCc1nc(N)c(C)c(Cc2cccnc2)n1. The van der Waals surface area contributed by atoms with Gasteiger partial charge in [0.25, 0.3) is 0 Å². The van der Waals surface area contributed by atoms with E-state index in [0.717, 1.165) is 41.9 Å². The molecule has 4 nitrogen and oxygen atoms in total. The highest BCUT2D eigenvalue weighted by Gasteiger charge is 2.09. The van der Waals surface area contributed by atoms with E-state index in [1.807, 2.05) is 25.3 Å². The van der Waals surface area contributed by atoms with Gasteiger partial charge in [-0.25, -0.2) is 9.97 Å². The van der Waals surface area contributed by atoms with Crippen molar-refractivity contribution in [1.82, 2.24) is 15.0 Å². The Hall–Kier alpha value is -1.97. The van der Waals surface area contributed by atoms with Crippen LogP contribution in [0.15, 0.2) is 24.5 Å². The lowest BCUT2D eigenvalue weighted by Crippen LogP contribution is -2.07. The van der Waals surface area contributed by atoms with Crippen LogP contribution in [0.4, 0.5) is 5.82 Å². The predicted octanol–water partition coefficient (Wildman–Crippen LogP) is 2.31. The number of nitrogen functional groups attached to an aromatic ring is 1. The Morgan fingerprint density at radius 2 is 2.11 bits per heavy atom. The lowest BCUT2D eigenvalue weighted by molar-refractivity contribution is 0.814. The molecule has 0 aliphatic heterocycles. The Kier molecular flexibility index (Phi) is 3.87. The third-order valence-corrected chi connectivity index (χ3v) is 2.90. The number of hydrogen-bond acceptors (Lipinski definition) is 4. The minimum absolute atomic E-state index is 0.590. The third kappa shape index (κ3) is 2.83. The van der Waals surface area contributed by atoms with E-state index in [1.165, 1.54) is 0 Å². The van der Waals surface area contributed by atoms with E-state index in [2.05, 4.69) is 21.9 Å². The monoisotopic (exact) mass is 242 g/mol. The number of aromatic nitrogens is 3. The molecule has 2 aromatic heterocycles. The molecule has 0 saturated carbocycles. The summed E-state index contributed by atoms with van der Waals surface area (Å²) in [5.74, 6) is 1.42. The van der Waals surface area contributed by atoms with Crippen LogP contribution >= 0.6 is 0 Å². The van der Waals surface area contributed by atoms with E-state index in [0.29, 0.717) is 5.82 Å². The molecule has 94 valence electrons. The molecule has 0 atom stereocenters. The van der Waals surface area contributed by atoms with Crippen LogP contribution in [-0.4, -0.2) is 15.0 Å². The molecule has 0 aromatic carbocycles. The van der Waals surface area contributed by atoms with E-state index in [-0.39, 0.29) is 0 Å². The van der Waals surface area contributed by atoms with Crippen LogP contribution < -0.4 is 5.73 Å². The molecule has 4 heteroatoms. The number of hydrogen-bond donors (Lipinski definition) is 1. The zero-order valence-corrected chi connectivity index (χ0v) is 10.8. The van der Waals surface area contributed by atoms with Crippen LogP contribution in [0.3, 0.4) is 0 Å². The summed E-state index contributed by atoms with van der Waals surface area (Å²) in [6.07, 6.45) is 6.27. The van der Waals surface area contributed by atoms with Gasteiger partial charge >= 0.3 is 0 Å². The lowest BCUT2D eigenvalue weighted by atomic mass is 10.1. The normalized spacial score (nSPS) is 10.6. The largest absolute Gasteiger partial charge is 0.383 e. The van der Waals surface area contributed by atoms with Crippen molar-refractivity contribution in [3.8, 4) is 0 Å². The molecule has 0 spiro atoms. The van der Waals surface area contributed by atoms with E-state index >= 15 is 0 Å². The summed E-state index contributed by atoms with van der Waals surface area (Å²) in [5.41, 5.74) is 9.05. The second-order valence-corrected chi connectivity index (χ2v) is 4.38. The number of nitrogens with two attached hydrogens (primary N) is 1. The van der Waals surface area contributed by atoms with Gasteiger partial charge in [-0.2, -0.15) is 0 Å². The first-order valence-corrected chi connectivity index (χ1v) is 6.21. The maximum atomic E-state index is 5.94. The standard InChI is InChI=1S/C14H18N4/c1-3-5-13-17-12(10(2)14(15)18-13)8-11-6-4-7-16-9-11/h4,6-7,9H,3,5,8H2,1-2H3,(H2,15,17,18). The van der Waals surface area contributed by atoms with Crippen molar-refractivity contribution in [3.63, 3.8) is 0 Å². The molecule has 2 aromatic rings. The Labute approximate surface area is 107 Å². The van der Waals surface area contributed by atoms with Crippen molar-refractivity contribution in [2.45, 2.75) is 33.1 Å². The molecule has 0 unspecified atom stereocenters. The topological polar surface area (TPSA) is 64.7 Å². The highest BCUT2D eigenvalue weighted by molar-refractivity contribution is 5.42. The van der Waals surface area contributed by atoms with Crippen molar-refractivity contribution >= 4 is 5.82 Å². The van der Waals surface area contributed by atoms with Crippen molar-refractivity contribution in [2.24, 2.45) is 0 Å². The van der Waals surface area contributed by atoms with Gasteiger partial charge in [0.15, 0.2) is 0 Å². The van der Waals surface area contributed by atoms with Crippen molar-refractivity contribution in [3.05, 3.63) is 47.2 Å². The van der Waals surface area contributed by atoms with Crippen molar-refractivity contribution < 1.29 is 0 Å². The summed E-state index contributed by atoms with van der Waals surface area (Å²) in [5, 5.41) is 0. The summed E-state index contributed by atoms with van der Waals surface area (Å²) in [7, 11) is 0. The minimum atomic E-state index is 0.590. The van der Waals surface area contributed by atoms with Crippen LogP contribution in [-0.2, 0) is 12.8 Å². The van der Waals surface area contributed by atoms with E-state index < -0.39 is 0 Å². The lowest BCUT2D eigenvalue weighted by Gasteiger charge is -2.09. The van der Waals surface area contributed by atoms with Crippen LogP contribution in [0.2, 0.25) is 0 Å². The molecular formula is C14H18N4. The average Bonchev–Trinajstić information content (AvgIpc) is 2.37. The van der Waals surface area contributed by atoms with Crippen LogP contribution in [0, 0.1) is 6.92 Å². The van der Waals surface area contributed by atoms with Gasteiger partial charge in [0.05, 0.1) is 5.69 Å². The third-order valence-electron chi connectivity index (χ3n) is 2.90. The first kappa shape index (κ1) is 12.5. The number of pyridine rings is 1. The molecule has 0 bridgehead atoms. The second-order valence-electron chi connectivity index (χ2n) is 4.38. The van der Waals surface area contributed by atoms with Gasteiger partial charge in [-0.15, -0.1) is 0 Å². The van der Waals surface area contributed by atoms with E-state index in [1.54, 1.807) is 6.20 Å². The van der Waals surface area contributed by atoms with Gasteiger partial charge in [0.2, 0.25) is 0 Å². The molecule has 0 aliphatic rings. The van der Waals surface area contributed by atoms with E-state index in [4.69, 9.17) is 5.73 Å². The summed E-state index contributed by atoms with van der Waals surface area (Å²) in [6.45, 7) is 4.08. The molecule has 18 heavy (non-hydrogen) atoms. The Morgan fingerprint density at radius 3 is 2.78 bits per heavy atom. The zero-order chi connectivity index (χ0) is 13.0. The average molecular weight is 242 g/mol. The summed E-state index contributed by atoms with van der Waals surface area (Å²) in [4.78, 5) is 13.0. The Morgan fingerprint density at radius 1 is 1.28 bits per heavy atom.